The Labute approximate surface area is 104 Å². The lowest BCUT2D eigenvalue weighted by molar-refractivity contribution is -0.384. The first-order valence-corrected chi connectivity index (χ1v) is 5.73. The number of hydrogen-bond acceptors (Lipinski definition) is 5. The number of nitro groups is 1. The van der Waals surface area contributed by atoms with Crippen LogP contribution in [0.4, 0.5) is 11.4 Å². The molecule has 6 nitrogen and oxygen atoms in total. The highest BCUT2D eigenvalue weighted by atomic mass is 16.6. The number of aliphatic hydroxyl groups excluding tert-OH is 1. The van der Waals surface area contributed by atoms with E-state index in [1.165, 1.54) is 18.2 Å². The van der Waals surface area contributed by atoms with Gasteiger partial charge in [-0.05, 0) is 31.4 Å². The summed E-state index contributed by atoms with van der Waals surface area (Å²) in [7, 11) is 0. The van der Waals surface area contributed by atoms with Gasteiger partial charge in [0.25, 0.3) is 5.69 Å². The molecule has 2 N–H and O–H groups in total. The molecule has 1 aromatic carbocycles. The van der Waals surface area contributed by atoms with Crippen molar-refractivity contribution in [2.75, 3.05) is 11.9 Å². The normalized spacial score (nSPS) is 16.7. The molecule has 6 heteroatoms. The first-order valence-electron chi connectivity index (χ1n) is 5.73. The van der Waals surface area contributed by atoms with E-state index in [2.05, 4.69) is 5.32 Å². The molecule has 0 aliphatic heterocycles. The van der Waals surface area contributed by atoms with Crippen molar-refractivity contribution in [2.45, 2.75) is 24.8 Å². The van der Waals surface area contributed by atoms with Gasteiger partial charge in [-0.2, -0.15) is 0 Å². The number of aliphatic hydroxyl groups is 1. The van der Waals surface area contributed by atoms with Crippen molar-refractivity contribution in [3.8, 4) is 0 Å². The fraction of sp³-hybridized carbons (Fsp3) is 0.417. The third kappa shape index (κ3) is 2.19. The molecular weight excluding hydrogens is 236 g/mol. The number of hydrogen-bond donors (Lipinski definition) is 2. The summed E-state index contributed by atoms with van der Waals surface area (Å²) in [4.78, 5) is 21.0. The lowest BCUT2D eigenvalue weighted by Gasteiger charge is -2.41. The molecule has 0 aromatic heterocycles. The number of anilines is 1. The van der Waals surface area contributed by atoms with Crippen LogP contribution in [0.3, 0.4) is 0 Å². The van der Waals surface area contributed by atoms with E-state index in [0.717, 1.165) is 19.3 Å². The smallest absolute Gasteiger partial charge is 0.293 e. The summed E-state index contributed by atoms with van der Waals surface area (Å²) < 4.78 is 0. The summed E-state index contributed by atoms with van der Waals surface area (Å²) in [5.74, 6) is 0. The number of aldehydes is 1. The molecule has 2 rings (SSSR count). The highest BCUT2D eigenvalue weighted by Gasteiger charge is 2.37. The Morgan fingerprint density at radius 2 is 2.22 bits per heavy atom. The van der Waals surface area contributed by atoms with E-state index in [1.807, 2.05) is 0 Å². The first-order chi connectivity index (χ1) is 8.60. The van der Waals surface area contributed by atoms with E-state index >= 15 is 0 Å². The molecule has 0 spiro atoms. The van der Waals surface area contributed by atoms with Crippen molar-refractivity contribution in [1.29, 1.82) is 0 Å². The number of carbonyl (C=O) groups excluding carboxylic acids is 1. The number of carbonyl (C=O) groups is 1. The van der Waals surface area contributed by atoms with Gasteiger partial charge >= 0.3 is 0 Å². The average Bonchev–Trinajstić information content (AvgIpc) is 2.33. The largest absolute Gasteiger partial charge is 0.394 e. The Kier molecular flexibility index (Phi) is 3.29. The van der Waals surface area contributed by atoms with Gasteiger partial charge in [0.1, 0.15) is 12.0 Å². The predicted octanol–water partition coefficient (Wildman–Crippen LogP) is 1.73. The molecule has 1 saturated carbocycles. The van der Waals surface area contributed by atoms with Gasteiger partial charge in [0.05, 0.1) is 17.1 Å². The van der Waals surface area contributed by atoms with Gasteiger partial charge in [-0.3, -0.25) is 14.9 Å². The number of nitrogens with zero attached hydrogens (tertiary/aromatic N) is 1. The van der Waals surface area contributed by atoms with E-state index < -0.39 is 10.5 Å². The van der Waals surface area contributed by atoms with Gasteiger partial charge in [0, 0.05) is 11.6 Å². The summed E-state index contributed by atoms with van der Waals surface area (Å²) in [5.41, 5.74) is 0.0190. The molecule has 1 aliphatic rings. The van der Waals surface area contributed by atoms with Gasteiger partial charge < -0.3 is 10.4 Å². The second kappa shape index (κ2) is 4.73. The van der Waals surface area contributed by atoms with Crippen LogP contribution >= 0.6 is 0 Å². The molecule has 1 fully saturated rings. The molecule has 1 aromatic rings. The standard InChI is InChI=1S/C12H14N2O4/c15-7-9-2-3-10(11(6-9)14(17)18)13-12(8-16)4-1-5-12/h2-3,6-7,13,16H,1,4-5,8H2. The maximum Gasteiger partial charge on any atom is 0.293 e. The summed E-state index contributed by atoms with van der Waals surface area (Å²) in [6.07, 6.45) is 3.14. The van der Waals surface area contributed by atoms with E-state index in [4.69, 9.17) is 0 Å². The van der Waals surface area contributed by atoms with Gasteiger partial charge in [0.2, 0.25) is 0 Å². The van der Waals surface area contributed by atoms with Gasteiger partial charge in [-0.25, -0.2) is 0 Å². The van der Waals surface area contributed by atoms with E-state index in [1.54, 1.807) is 0 Å². The van der Waals surface area contributed by atoms with E-state index in [-0.39, 0.29) is 17.9 Å². The summed E-state index contributed by atoms with van der Waals surface area (Å²) >= 11 is 0. The Hall–Kier alpha value is -1.95. The molecule has 0 bridgehead atoms. The number of rotatable bonds is 5. The van der Waals surface area contributed by atoms with Gasteiger partial charge in [0.15, 0.2) is 0 Å². The minimum Gasteiger partial charge on any atom is -0.394 e. The molecule has 1 aliphatic carbocycles. The predicted molar refractivity (Wildman–Crippen MR) is 65.8 cm³/mol. The van der Waals surface area contributed by atoms with Crippen LogP contribution < -0.4 is 5.32 Å². The zero-order valence-electron chi connectivity index (χ0n) is 9.76. The van der Waals surface area contributed by atoms with Crippen LogP contribution in [0.15, 0.2) is 18.2 Å². The maximum absolute atomic E-state index is 11.0. The monoisotopic (exact) mass is 250 g/mol. The number of nitrogens with one attached hydrogen (secondary N) is 1. The Morgan fingerprint density at radius 1 is 1.50 bits per heavy atom. The Morgan fingerprint density at radius 3 is 2.67 bits per heavy atom. The lowest BCUT2D eigenvalue weighted by Crippen LogP contribution is -2.48. The van der Waals surface area contributed by atoms with Crippen molar-refractivity contribution < 1.29 is 14.8 Å². The maximum atomic E-state index is 11.0. The van der Waals surface area contributed by atoms with Crippen LogP contribution in [0.2, 0.25) is 0 Å². The molecule has 0 amide bonds. The van der Waals surface area contributed by atoms with Gasteiger partial charge in [-0.1, -0.05) is 0 Å². The van der Waals surface area contributed by atoms with Crippen molar-refractivity contribution in [1.82, 2.24) is 0 Å². The van der Waals surface area contributed by atoms with E-state index in [0.29, 0.717) is 12.0 Å². The first kappa shape index (κ1) is 12.5. The summed E-state index contributed by atoms with van der Waals surface area (Å²) in [5, 5.41) is 23.3. The average molecular weight is 250 g/mol. The molecule has 0 heterocycles. The van der Waals surface area contributed by atoms with Crippen LogP contribution in [0.1, 0.15) is 29.6 Å². The number of benzene rings is 1. The van der Waals surface area contributed by atoms with Crippen LogP contribution in [-0.4, -0.2) is 28.5 Å². The molecule has 0 saturated heterocycles. The third-order valence-corrected chi connectivity index (χ3v) is 3.37. The van der Waals surface area contributed by atoms with Crippen LogP contribution in [0.5, 0.6) is 0 Å². The van der Waals surface area contributed by atoms with Crippen molar-refractivity contribution in [3.63, 3.8) is 0 Å². The van der Waals surface area contributed by atoms with Crippen LogP contribution in [0.25, 0.3) is 0 Å². The second-order valence-electron chi connectivity index (χ2n) is 4.57. The zero-order valence-corrected chi connectivity index (χ0v) is 9.76. The highest BCUT2D eigenvalue weighted by molar-refractivity contribution is 5.79. The Balaban J connectivity index is 2.32. The molecule has 0 unspecified atom stereocenters. The topological polar surface area (TPSA) is 92.5 Å². The minimum absolute atomic E-state index is 0.0560. The SMILES string of the molecule is O=Cc1ccc(NC2(CO)CCC2)c([N+](=O)[O-])c1. The van der Waals surface area contributed by atoms with Crippen molar-refractivity contribution in [3.05, 3.63) is 33.9 Å². The lowest BCUT2D eigenvalue weighted by atomic mass is 9.77. The quantitative estimate of drug-likeness (QED) is 0.471. The van der Waals surface area contributed by atoms with Crippen molar-refractivity contribution >= 4 is 17.7 Å². The third-order valence-electron chi connectivity index (χ3n) is 3.37. The highest BCUT2D eigenvalue weighted by Crippen LogP contribution is 2.37. The van der Waals surface area contributed by atoms with Crippen LogP contribution in [-0.2, 0) is 0 Å². The van der Waals surface area contributed by atoms with Crippen LogP contribution in [0, 0.1) is 10.1 Å². The van der Waals surface area contributed by atoms with Crippen molar-refractivity contribution in [2.24, 2.45) is 0 Å². The molecule has 18 heavy (non-hydrogen) atoms. The molecule has 96 valence electrons. The second-order valence-corrected chi connectivity index (χ2v) is 4.57. The molecule has 0 atom stereocenters. The molecule has 0 radical (unpaired) electrons. The summed E-state index contributed by atoms with van der Waals surface area (Å²) in [6.45, 7) is -0.0560. The minimum atomic E-state index is -0.529. The zero-order chi connectivity index (χ0) is 13.2. The fourth-order valence-corrected chi connectivity index (χ4v) is 2.09. The number of nitro benzene ring substituents is 1. The summed E-state index contributed by atoms with van der Waals surface area (Å²) in [6, 6.07) is 4.27. The van der Waals surface area contributed by atoms with Gasteiger partial charge in [-0.15, -0.1) is 0 Å². The Bertz CT molecular complexity index is 477. The fourth-order valence-electron chi connectivity index (χ4n) is 2.09. The molecular formula is C12H14N2O4. The van der Waals surface area contributed by atoms with E-state index in [9.17, 15) is 20.0 Å².